The fourth-order valence-corrected chi connectivity index (χ4v) is 3.01. The van der Waals surface area contributed by atoms with Crippen molar-refractivity contribution >= 4 is 17.5 Å². The van der Waals surface area contributed by atoms with Crippen LogP contribution in [0.2, 0.25) is 0 Å². The summed E-state index contributed by atoms with van der Waals surface area (Å²) in [7, 11) is 0. The summed E-state index contributed by atoms with van der Waals surface area (Å²) in [5, 5.41) is 5.87. The quantitative estimate of drug-likeness (QED) is 0.902. The maximum atomic E-state index is 12.7. The smallest absolute Gasteiger partial charge is 0.253 e. The summed E-state index contributed by atoms with van der Waals surface area (Å²) in [5.74, 6) is 0.315. The van der Waals surface area contributed by atoms with Gasteiger partial charge in [0, 0.05) is 6.04 Å². The van der Waals surface area contributed by atoms with Crippen LogP contribution in [0.4, 0.5) is 5.69 Å². The highest BCUT2D eigenvalue weighted by Crippen LogP contribution is 2.28. The van der Waals surface area contributed by atoms with E-state index in [9.17, 15) is 9.59 Å². The van der Waals surface area contributed by atoms with Crippen LogP contribution >= 0.6 is 0 Å². The van der Waals surface area contributed by atoms with Crippen molar-refractivity contribution in [3.05, 3.63) is 59.7 Å². The maximum Gasteiger partial charge on any atom is 0.253 e. The van der Waals surface area contributed by atoms with Crippen LogP contribution in [0.3, 0.4) is 0 Å². The number of para-hydroxylation sites is 2. The SMILES string of the molecule is O=C(NC1CC1)c1ccccc1NC(=O)C1COc2ccccc2C1. The van der Waals surface area contributed by atoms with Crippen LogP contribution < -0.4 is 15.4 Å². The highest BCUT2D eigenvalue weighted by atomic mass is 16.5. The Balaban J connectivity index is 1.47. The molecule has 2 aromatic rings. The molecule has 2 aromatic carbocycles. The van der Waals surface area contributed by atoms with Crippen LogP contribution in [0.5, 0.6) is 5.75 Å². The number of rotatable bonds is 4. The molecule has 4 rings (SSSR count). The van der Waals surface area contributed by atoms with Gasteiger partial charge in [-0.1, -0.05) is 30.3 Å². The van der Waals surface area contributed by atoms with Gasteiger partial charge in [0.25, 0.3) is 5.91 Å². The fraction of sp³-hybridized carbons (Fsp3) is 0.300. The second kappa shape index (κ2) is 6.59. The van der Waals surface area contributed by atoms with Crippen LogP contribution in [-0.4, -0.2) is 24.5 Å². The number of carbonyl (C=O) groups is 2. The Hall–Kier alpha value is -2.82. The highest BCUT2D eigenvalue weighted by molar-refractivity contribution is 6.04. The van der Waals surface area contributed by atoms with Crippen molar-refractivity contribution in [2.24, 2.45) is 5.92 Å². The maximum absolute atomic E-state index is 12.7. The van der Waals surface area contributed by atoms with Crippen molar-refractivity contribution < 1.29 is 14.3 Å². The van der Waals surface area contributed by atoms with Crippen molar-refractivity contribution in [2.75, 3.05) is 11.9 Å². The molecule has 1 heterocycles. The molecule has 128 valence electrons. The summed E-state index contributed by atoms with van der Waals surface area (Å²) >= 11 is 0. The molecule has 2 N–H and O–H groups in total. The third-order valence-corrected chi connectivity index (χ3v) is 4.59. The molecule has 5 nitrogen and oxygen atoms in total. The number of carbonyl (C=O) groups excluding carboxylic acids is 2. The number of hydrogen-bond acceptors (Lipinski definition) is 3. The van der Waals surface area contributed by atoms with Gasteiger partial charge in [0.2, 0.25) is 5.91 Å². The molecule has 2 aliphatic rings. The first-order chi connectivity index (χ1) is 12.2. The molecule has 1 unspecified atom stereocenters. The molecular weight excluding hydrogens is 316 g/mol. The van der Waals surface area contributed by atoms with E-state index >= 15 is 0 Å². The van der Waals surface area contributed by atoms with Crippen LogP contribution in [0.15, 0.2) is 48.5 Å². The molecule has 25 heavy (non-hydrogen) atoms. The van der Waals surface area contributed by atoms with Gasteiger partial charge in [-0.05, 0) is 43.0 Å². The van der Waals surface area contributed by atoms with Gasteiger partial charge < -0.3 is 15.4 Å². The van der Waals surface area contributed by atoms with E-state index < -0.39 is 0 Å². The lowest BCUT2D eigenvalue weighted by atomic mass is 9.96. The minimum Gasteiger partial charge on any atom is -0.492 e. The Morgan fingerprint density at radius 3 is 2.60 bits per heavy atom. The standard InChI is InChI=1S/C20H20N2O3/c23-19(14-11-13-5-1-4-8-18(13)25-12-14)22-17-7-3-2-6-16(17)20(24)21-15-9-10-15/h1-8,14-15H,9-12H2,(H,21,24)(H,22,23). The Morgan fingerprint density at radius 2 is 1.76 bits per heavy atom. The number of nitrogens with one attached hydrogen (secondary N) is 2. The monoisotopic (exact) mass is 336 g/mol. The lowest BCUT2D eigenvalue weighted by Crippen LogP contribution is -2.33. The Bertz CT molecular complexity index is 814. The van der Waals surface area contributed by atoms with E-state index in [2.05, 4.69) is 10.6 Å². The first-order valence-corrected chi connectivity index (χ1v) is 8.62. The van der Waals surface area contributed by atoms with Gasteiger partial charge in [-0.25, -0.2) is 0 Å². The molecule has 1 atom stereocenters. The highest BCUT2D eigenvalue weighted by Gasteiger charge is 2.28. The second-order valence-corrected chi connectivity index (χ2v) is 6.60. The normalized spacial score (nSPS) is 18.6. The van der Waals surface area contributed by atoms with Crippen LogP contribution in [0.1, 0.15) is 28.8 Å². The Kier molecular flexibility index (Phi) is 4.14. The Labute approximate surface area is 146 Å². The van der Waals surface area contributed by atoms with E-state index in [0.717, 1.165) is 24.2 Å². The average molecular weight is 336 g/mol. The van der Waals surface area contributed by atoms with Crippen LogP contribution in [-0.2, 0) is 11.2 Å². The molecule has 0 saturated heterocycles. The van der Waals surface area contributed by atoms with Crippen molar-refractivity contribution in [3.63, 3.8) is 0 Å². The second-order valence-electron chi connectivity index (χ2n) is 6.60. The summed E-state index contributed by atoms with van der Waals surface area (Å²) in [5.41, 5.74) is 2.08. The molecular formula is C20H20N2O3. The molecule has 1 aliphatic heterocycles. The van der Waals surface area contributed by atoms with Crippen molar-refractivity contribution in [2.45, 2.75) is 25.3 Å². The summed E-state index contributed by atoms with van der Waals surface area (Å²) in [6, 6.07) is 15.2. The molecule has 1 fully saturated rings. The van der Waals surface area contributed by atoms with Gasteiger partial charge >= 0.3 is 0 Å². The van der Waals surface area contributed by atoms with E-state index in [4.69, 9.17) is 4.74 Å². The zero-order chi connectivity index (χ0) is 17.2. The third kappa shape index (κ3) is 3.50. The van der Waals surface area contributed by atoms with Crippen molar-refractivity contribution in [1.29, 1.82) is 0 Å². The largest absolute Gasteiger partial charge is 0.492 e. The third-order valence-electron chi connectivity index (χ3n) is 4.59. The van der Waals surface area contributed by atoms with Gasteiger partial charge in [-0.3, -0.25) is 9.59 Å². The van der Waals surface area contributed by atoms with Gasteiger partial charge in [-0.2, -0.15) is 0 Å². The van der Waals surface area contributed by atoms with E-state index in [-0.39, 0.29) is 23.8 Å². The zero-order valence-corrected chi connectivity index (χ0v) is 13.8. The summed E-state index contributed by atoms with van der Waals surface area (Å²) in [6.45, 7) is 0.347. The van der Waals surface area contributed by atoms with Crippen molar-refractivity contribution in [1.82, 2.24) is 5.32 Å². The molecule has 1 aliphatic carbocycles. The number of fused-ring (bicyclic) bond motifs is 1. The van der Waals surface area contributed by atoms with Gasteiger partial charge in [0.1, 0.15) is 12.4 Å². The minimum absolute atomic E-state index is 0.124. The molecule has 0 spiro atoms. The summed E-state index contributed by atoms with van der Waals surface area (Å²) in [6.07, 6.45) is 2.69. The van der Waals surface area contributed by atoms with Gasteiger partial charge in [-0.15, -0.1) is 0 Å². The molecule has 1 saturated carbocycles. The van der Waals surface area contributed by atoms with Gasteiger partial charge in [0.15, 0.2) is 0 Å². The molecule has 5 heteroatoms. The lowest BCUT2D eigenvalue weighted by molar-refractivity contribution is -0.121. The van der Waals surface area contributed by atoms with E-state index in [1.165, 1.54) is 0 Å². The number of anilines is 1. The summed E-state index contributed by atoms with van der Waals surface area (Å²) < 4.78 is 5.69. The van der Waals surface area contributed by atoms with E-state index in [0.29, 0.717) is 24.3 Å². The molecule has 0 radical (unpaired) electrons. The van der Waals surface area contributed by atoms with E-state index in [1.54, 1.807) is 18.2 Å². The molecule has 0 bridgehead atoms. The summed E-state index contributed by atoms with van der Waals surface area (Å²) in [4.78, 5) is 25.0. The predicted molar refractivity (Wildman–Crippen MR) is 94.7 cm³/mol. The molecule has 0 aromatic heterocycles. The first-order valence-electron chi connectivity index (χ1n) is 8.62. The first kappa shape index (κ1) is 15.7. The van der Waals surface area contributed by atoms with Gasteiger partial charge in [0.05, 0.1) is 17.2 Å². The number of benzene rings is 2. The van der Waals surface area contributed by atoms with E-state index in [1.807, 2.05) is 30.3 Å². The number of amides is 2. The topological polar surface area (TPSA) is 67.4 Å². The lowest BCUT2D eigenvalue weighted by Gasteiger charge is -2.24. The van der Waals surface area contributed by atoms with Crippen LogP contribution in [0, 0.1) is 5.92 Å². The Morgan fingerprint density at radius 1 is 1.00 bits per heavy atom. The number of ether oxygens (including phenoxy) is 1. The predicted octanol–water partition coefficient (Wildman–Crippen LogP) is 2.77. The van der Waals surface area contributed by atoms with Crippen molar-refractivity contribution in [3.8, 4) is 5.75 Å². The zero-order valence-electron chi connectivity index (χ0n) is 13.8. The number of hydrogen-bond donors (Lipinski definition) is 2. The molecule has 2 amide bonds. The minimum atomic E-state index is -0.269. The fourth-order valence-electron chi connectivity index (χ4n) is 3.01. The average Bonchev–Trinajstić information content (AvgIpc) is 3.45. The van der Waals surface area contributed by atoms with Crippen LogP contribution in [0.25, 0.3) is 0 Å².